The number of nitrogens with zero attached hydrogens (tertiary/aromatic N) is 1. The van der Waals surface area contributed by atoms with Crippen LogP contribution in [0, 0.1) is 6.92 Å². The smallest absolute Gasteiger partial charge is 0.344 e. The molecular weight excluding hydrogens is 336 g/mol. The van der Waals surface area contributed by atoms with Crippen LogP contribution < -0.4 is 5.32 Å². The molecule has 0 radical (unpaired) electrons. The summed E-state index contributed by atoms with van der Waals surface area (Å²) in [7, 11) is 0. The minimum Gasteiger partial charge on any atom is -0.451 e. The maximum atomic E-state index is 12.5. The number of carbonyl (C=O) groups is 3. The van der Waals surface area contributed by atoms with Gasteiger partial charge in [-0.2, -0.15) is 0 Å². The lowest BCUT2D eigenvalue weighted by Crippen LogP contribution is -2.25. The highest BCUT2D eigenvalue weighted by Gasteiger charge is 2.27. The van der Waals surface area contributed by atoms with Crippen molar-refractivity contribution in [2.45, 2.75) is 46.6 Å². The molecule has 0 spiro atoms. The van der Waals surface area contributed by atoms with E-state index in [-0.39, 0.29) is 23.2 Å². The molecule has 2 aromatic rings. The summed E-state index contributed by atoms with van der Waals surface area (Å²) < 4.78 is 10.5. The molecule has 0 aliphatic carbocycles. The molecule has 138 valence electrons. The maximum Gasteiger partial charge on any atom is 0.344 e. The fourth-order valence-corrected chi connectivity index (χ4v) is 2.46. The van der Waals surface area contributed by atoms with E-state index in [4.69, 9.17) is 9.26 Å². The molecule has 26 heavy (non-hydrogen) atoms. The number of ketones is 1. The Kier molecular flexibility index (Phi) is 5.92. The van der Waals surface area contributed by atoms with Crippen LogP contribution in [-0.4, -0.2) is 28.9 Å². The van der Waals surface area contributed by atoms with Gasteiger partial charge in [0.15, 0.2) is 11.9 Å². The number of esters is 1. The molecule has 1 N–H and O–H groups in total. The Morgan fingerprint density at radius 1 is 1.12 bits per heavy atom. The number of carbonyl (C=O) groups excluding carboxylic acids is 3. The standard InChI is InChI=1S/C19H22N2O5/c1-10(2)18-16(11(3)21-26-18)19(24)25-12(4)17(23)14-6-8-15(9-7-14)20-13(5)22/h6-10,12H,1-5H3,(H,20,22)/t12-/m1/s1. The normalized spacial score (nSPS) is 11.9. The van der Waals surface area contributed by atoms with Crippen LogP contribution in [0.4, 0.5) is 5.69 Å². The number of ether oxygens (including phenoxy) is 1. The summed E-state index contributed by atoms with van der Waals surface area (Å²) in [5.74, 6) is -0.773. The van der Waals surface area contributed by atoms with Gasteiger partial charge in [0.1, 0.15) is 5.56 Å². The molecule has 1 atom stereocenters. The van der Waals surface area contributed by atoms with Gasteiger partial charge in [-0.15, -0.1) is 0 Å². The Morgan fingerprint density at radius 3 is 2.27 bits per heavy atom. The highest BCUT2D eigenvalue weighted by Crippen LogP contribution is 2.23. The summed E-state index contributed by atoms with van der Waals surface area (Å²) >= 11 is 0. The number of Topliss-reactive ketones (excluding diaryl/α,β-unsaturated/α-hetero) is 1. The van der Waals surface area contributed by atoms with Crippen LogP contribution in [0.1, 0.15) is 65.8 Å². The molecule has 0 bridgehead atoms. The first-order chi connectivity index (χ1) is 12.2. The van der Waals surface area contributed by atoms with E-state index in [2.05, 4.69) is 10.5 Å². The lowest BCUT2D eigenvalue weighted by molar-refractivity contribution is -0.114. The van der Waals surface area contributed by atoms with E-state index >= 15 is 0 Å². The highest BCUT2D eigenvalue weighted by molar-refractivity contribution is 6.02. The number of benzene rings is 1. The van der Waals surface area contributed by atoms with Gasteiger partial charge in [-0.3, -0.25) is 9.59 Å². The second-order valence-corrected chi connectivity index (χ2v) is 6.33. The van der Waals surface area contributed by atoms with E-state index in [0.717, 1.165) is 0 Å². The number of nitrogens with one attached hydrogen (secondary N) is 1. The van der Waals surface area contributed by atoms with Crippen molar-refractivity contribution in [2.24, 2.45) is 0 Å². The summed E-state index contributed by atoms with van der Waals surface area (Å²) in [5.41, 5.74) is 1.66. The number of anilines is 1. The summed E-state index contributed by atoms with van der Waals surface area (Å²) in [6.07, 6.45) is -0.969. The number of hydrogen-bond acceptors (Lipinski definition) is 6. The van der Waals surface area contributed by atoms with E-state index in [1.807, 2.05) is 13.8 Å². The van der Waals surface area contributed by atoms with Crippen molar-refractivity contribution in [3.8, 4) is 0 Å². The van der Waals surface area contributed by atoms with Crippen LogP contribution in [0.3, 0.4) is 0 Å². The van der Waals surface area contributed by atoms with Gasteiger partial charge in [0.05, 0.1) is 5.69 Å². The quantitative estimate of drug-likeness (QED) is 0.627. The summed E-state index contributed by atoms with van der Waals surface area (Å²) in [5, 5.41) is 6.43. The van der Waals surface area contributed by atoms with Crippen LogP contribution in [0.25, 0.3) is 0 Å². The molecule has 0 unspecified atom stereocenters. The summed E-state index contributed by atoms with van der Waals surface area (Å²) in [4.78, 5) is 36.0. The summed E-state index contributed by atoms with van der Waals surface area (Å²) in [6.45, 7) is 8.32. The number of aryl methyl sites for hydroxylation is 1. The van der Waals surface area contributed by atoms with Crippen LogP contribution in [0.2, 0.25) is 0 Å². The van der Waals surface area contributed by atoms with E-state index in [9.17, 15) is 14.4 Å². The second kappa shape index (κ2) is 7.95. The Hall–Kier alpha value is -2.96. The van der Waals surface area contributed by atoms with Crippen molar-refractivity contribution in [3.05, 3.63) is 46.8 Å². The highest BCUT2D eigenvalue weighted by atomic mass is 16.5. The minimum absolute atomic E-state index is 0.0360. The molecule has 2 rings (SSSR count). The van der Waals surface area contributed by atoms with Gasteiger partial charge in [-0.25, -0.2) is 4.79 Å². The van der Waals surface area contributed by atoms with Gasteiger partial charge in [0.25, 0.3) is 0 Å². The van der Waals surface area contributed by atoms with Gasteiger partial charge in [-0.05, 0) is 38.1 Å². The van der Waals surface area contributed by atoms with Gasteiger partial charge < -0.3 is 14.6 Å². The van der Waals surface area contributed by atoms with Gasteiger partial charge >= 0.3 is 5.97 Å². The topological polar surface area (TPSA) is 98.5 Å². The van der Waals surface area contributed by atoms with E-state index in [0.29, 0.717) is 22.7 Å². The third kappa shape index (κ3) is 4.36. The Balaban J connectivity index is 2.10. The van der Waals surface area contributed by atoms with Crippen LogP contribution in [-0.2, 0) is 9.53 Å². The molecule has 1 aromatic carbocycles. The molecule has 1 amide bonds. The fourth-order valence-electron chi connectivity index (χ4n) is 2.46. The summed E-state index contributed by atoms with van der Waals surface area (Å²) in [6, 6.07) is 6.37. The molecule has 0 fully saturated rings. The number of rotatable bonds is 6. The average Bonchev–Trinajstić information content (AvgIpc) is 2.96. The molecule has 7 nitrogen and oxygen atoms in total. The second-order valence-electron chi connectivity index (χ2n) is 6.33. The first kappa shape index (κ1) is 19.4. The number of aromatic nitrogens is 1. The zero-order valence-electron chi connectivity index (χ0n) is 15.5. The lowest BCUT2D eigenvalue weighted by atomic mass is 10.0. The monoisotopic (exact) mass is 358 g/mol. The van der Waals surface area contributed by atoms with Crippen molar-refractivity contribution in [3.63, 3.8) is 0 Å². The molecule has 0 aliphatic heterocycles. The van der Waals surface area contributed by atoms with Crippen LogP contribution in [0.5, 0.6) is 0 Å². The predicted octanol–water partition coefficient (Wildman–Crippen LogP) is 3.49. The van der Waals surface area contributed by atoms with E-state index in [1.54, 1.807) is 31.2 Å². The molecule has 0 aliphatic rings. The molecule has 0 saturated heterocycles. The van der Waals surface area contributed by atoms with Gasteiger partial charge in [-0.1, -0.05) is 19.0 Å². The van der Waals surface area contributed by atoms with Crippen LogP contribution >= 0.6 is 0 Å². The van der Waals surface area contributed by atoms with Crippen LogP contribution in [0.15, 0.2) is 28.8 Å². The van der Waals surface area contributed by atoms with Crippen molar-refractivity contribution < 1.29 is 23.6 Å². The predicted molar refractivity (Wildman–Crippen MR) is 95.3 cm³/mol. The minimum atomic E-state index is -0.969. The van der Waals surface area contributed by atoms with E-state index in [1.165, 1.54) is 13.8 Å². The number of amides is 1. The molecule has 1 heterocycles. The third-order valence-corrected chi connectivity index (χ3v) is 3.76. The Labute approximate surface area is 151 Å². The lowest BCUT2D eigenvalue weighted by Gasteiger charge is -2.13. The largest absolute Gasteiger partial charge is 0.451 e. The van der Waals surface area contributed by atoms with E-state index < -0.39 is 12.1 Å². The third-order valence-electron chi connectivity index (χ3n) is 3.76. The zero-order valence-corrected chi connectivity index (χ0v) is 15.5. The Morgan fingerprint density at radius 2 is 1.73 bits per heavy atom. The average molecular weight is 358 g/mol. The fraction of sp³-hybridized carbons (Fsp3) is 0.368. The molecule has 7 heteroatoms. The van der Waals surface area contributed by atoms with Crippen molar-refractivity contribution in [2.75, 3.05) is 5.32 Å². The first-order valence-electron chi connectivity index (χ1n) is 8.29. The molecule has 1 aromatic heterocycles. The van der Waals surface area contributed by atoms with Crippen molar-refractivity contribution in [1.82, 2.24) is 5.16 Å². The van der Waals surface area contributed by atoms with Gasteiger partial charge in [0, 0.05) is 24.1 Å². The van der Waals surface area contributed by atoms with Gasteiger partial charge in [0.2, 0.25) is 11.7 Å². The maximum absolute atomic E-state index is 12.5. The first-order valence-corrected chi connectivity index (χ1v) is 8.29. The Bertz CT molecular complexity index is 821. The molecule has 0 saturated carbocycles. The molecular formula is C19H22N2O5. The SMILES string of the molecule is CC(=O)Nc1ccc(C(=O)[C@@H](C)OC(=O)c2c(C)noc2C(C)C)cc1. The van der Waals surface area contributed by atoms with Crippen molar-refractivity contribution in [1.29, 1.82) is 0 Å². The zero-order chi connectivity index (χ0) is 19.4. The van der Waals surface area contributed by atoms with Crippen molar-refractivity contribution >= 4 is 23.3 Å². The number of hydrogen-bond donors (Lipinski definition) is 1.